The molecule has 0 aliphatic carbocycles. The van der Waals surface area contributed by atoms with E-state index in [1.54, 1.807) is 0 Å². The minimum absolute atomic E-state index is 0.661. The molecule has 0 bridgehead atoms. The van der Waals surface area contributed by atoms with E-state index in [-0.39, 0.29) is 0 Å². The van der Waals surface area contributed by atoms with E-state index >= 15 is 0 Å². The number of nitrogens with zero attached hydrogens (tertiary/aromatic N) is 4. The summed E-state index contributed by atoms with van der Waals surface area (Å²) in [5, 5.41) is 4.23. The second-order valence-corrected chi connectivity index (χ2v) is 5.37. The van der Waals surface area contributed by atoms with Crippen molar-refractivity contribution in [1.29, 1.82) is 0 Å². The Bertz CT molecular complexity index is 487. The Morgan fingerprint density at radius 2 is 2.06 bits per heavy atom. The van der Waals surface area contributed by atoms with Crippen molar-refractivity contribution in [2.24, 2.45) is 0 Å². The first kappa shape index (κ1) is 10.1. The third-order valence-electron chi connectivity index (χ3n) is 3.03. The van der Waals surface area contributed by atoms with Gasteiger partial charge in [0.15, 0.2) is 5.82 Å². The maximum Gasteiger partial charge on any atom is 0.154 e. The monoisotopic (exact) mass is 280 g/mol. The molecule has 0 aromatic carbocycles. The molecule has 2 aromatic heterocycles. The average Bonchev–Trinajstić information content (AvgIpc) is 2.78. The summed E-state index contributed by atoms with van der Waals surface area (Å²) in [6.45, 7) is 2.13. The Hall–Kier alpha value is -1.10. The number of piperidine rings is 1. The molecule has 16 heavy (non-hydrogen) atoms. The first-order valence-corrected chi connectivity index (χ1v) is 6.43. The number of aromatic nitrogens is 3. The van der Waals surface area contributed by atoms with E-state index in [9.17, 15) is 0 Å². The van der Waals surface area contributed by atoms with E-state index in [0.29, 0.717) is 4.83 Å². The van der Waals surface area contributed by atoms with Crippen molar-refractivity contribution in [1.82, 2.24) is 14.6 Å². The van der Waals surface area contributed by atoms with Gasteiger partial charge < -0.3 is 4.90 Å². The molecule has 1 fully saturated rings. The summed E-state index contributed by atoms with van der Waals surface area (Å²) in [4.78, 5) is 7.48. The summed E-state index contributed by atoms with van der Waals surface area (Å²) < 4.78 is 1.88. The van der Waals surface area contributed by atoms with E-state index in [1.165, 1.54) is 12.8 Å². The zero-order valence-electron chi connectivity index (χ0n) is 8.88. The van der Waals surface area contributed by atoms with Crippen molar-refractivity contribution in [3.8, 4) is 0 Å². The van der Waals surface area contributed by atoms with Crippen molar-refractivity contribution >= 4 is 27.3 Å². The maximum absolute atomic E-state index is 4.48. The molecule has 0 amide bonds. The van der Waals surface area contributed by atoms with Gasteiger partial charge in [-0.15, -0.1) is 0 Å². The van der Waals surface area contributed by atoms with Crippen molar-refractivity contribution in [3.63, 3.8) is 0 Å². The highest BCUT2D eigenvalue weighted by atomic mass is 79.9. The quantitative estimate of drug-likeness (QED) is 0.750. The summed E-state index contributed by atoms with van der Waals surface area (Å²) in [5.74, 6) is 1.06. The standard InChI is InChI=1S/C11H13BrN4/c12-9-2-6-15(7-3-9)11-10-1-4-14-16(10)8-5-13-11/h1,4-5,8-9H,2-3,6-7H2. The number of alkyl halides is 1. The van der Waals surface area contributed by atoms with Crippen molar-refractivity contribution in [2.45, 2.75) is 17.7 Å². The predicted molar refractivity (Wildman–Crippen MR) is 67.1 cm³/mol. The Labute approximate surface area is 102 Å². The Balaban J connectivity index is 1.96. The first-order chi connectivity index (χ1) is 7.84. The van der Waals surface area contributed by atoms with E-state index in [0.717, 1.165) is 24.4 Å². The molecule has 1 saturated heterocycles. The Kier molecular flexibility index (Phi) is 2.55. The van der Waals surface area contributed by atoms with Gasteiger partial charge in [-0.2, -0.15) is 5.10 Å². The molecule has 0 radical (unpaired) electrons. The van der Waals surface area contributed by atoms with Crippen LogP contribution in [0.4, 0.5) is 5.82 Å². The van der Waals surface area contributed by atoms with Gasteiger partial charge in [-0.05, 0) is 18.9 Å². The summed E-state index contributed by atoms with van der Waals surface area (Å²) >= 11 is 3.67. The average molecular weight is 281 g/mol. The highest BCUT2D eigenvalue weighted by Crippen LogP contribution is 2.24. The number of rotatable bonds is 1. The molecule has 0 unspecified atom stereocenters. The lowest BCUT2D eigenvalue weighted by Crippen LogP contribution is -2.34. The minimum Gasteiger partial charge on any atom is -0.355 e. The fraction of sp³-hybridized carbons (Fsp3) is 0.455. The number of anilines is 1. The topological polar surface area (TPSA) is 33.4 Å². The van der Waals surface area contributed by atoms with E-state index in [4.69, 9.17) is 0 Å². The van der Waals surface area contributed by atoms with Gasteiger partial charge in [0.2, 0.25) is 0 Å². The van der Waals surface area contributed by atoms with Crippen LogP contribution in [-0.2, 0) is 0 Å². The van der Waals surface area contributed by atoms with Crippen LogP contribution < -0.4 is 4.90 Å². The van der Waals surface area contributed by atoms with E-state index in [2.05, 4.69) is 30.9 Å². The second kappa shape index (κ2) is 4.05. The second-order valence-electron chi connectivity index (χ2n) is 4.07. The van der Waals surface area contributed by atoms with Crippen LogP contribution >= 0.6 is 15.9 Å². The maximum atomic E-state index is 4.48. The van der Waals surface area contributed by atoms with Crippen molar-refractivity contribution in [3.05, 3.63) is 24.7 Å². The normalized spacial score (nSPS) is 18.2. The molecule has 1 aliphatic heterocycles. The van der Waals surface area contributed by atoms with Crippen LogP contribution in [0.5, 0.6) is 0 Å². The third-order valence-corrected chi connectivity index (χ3v) is 3.94. The molecule has 2 aromatic rings. The molecule has 0 N–H and O–H groups in total. The van der Waals surface area contributed by atoms with Crippen LogP contribution in [0.15, 0.2) is 24.7 Å². The molecule has 84 valence electrons. The lowest BCUT2D eigenvalue weighted by molar-refractivity contribution is 0.593. The highest BCUT2D eigenvalue weighted by molar-refractivity contribution is 9.09. The molecule has 3 rings (SSSR count). The lowest BCUT2D eigenvalue weighted by atomic mass is 10.1. The Morgan fingerprint density at radius 3 is 2.88 bits per heavy atom. The zero-order valence-corrected chi connectivity index (χ0v) is 10.5. The summed E-state index contributed by atoms with van der Waals surface area (Å²) in [6.07, 6.45) is 7.87. The van der Waals surface area contributed by atoms with Gasteiger partial charge in [0, 0.05) is 30.3 Å². The summed E-state index contributed by atoms with van der Waals surface area (Å²) in [5.41, 5.74) is 1.09. The highest BCUT2D eigenvalue weighted by Gasteiger charge is 2.19. The molecular formula is C11H13BrN4. The molecule has 4 nitrogen and oxygen atoms in total. The van der Waals surface area contributed by atoms with Crippen molar-refractivity contribution in [2.75, 3.05) is 18.0 Å². The zero-order chi connectivity index (χ0) is 11.0. The smallest absolute Gasteiger partial charge is 0.154 e. The largest absolute Gasteiger partial charge is 0.355 e. The third kappa shape index (κ3) is 1.69. The van der Waals surface area contributed by atoms with Gasteiger partial charge in [0.05, 0.1) is 6.20 Å². The van der Waals surface area contributed by atoms with Gasteiger partial charge in [-0.25, -0.2) is 9.50 Å². The lowest BCUT2D eigenvalue weighted by Gasteiger charge is -2.30. The van der Waals surface area contributed by atoms with E-state index in [1.807, 2.05) is 29.2 Å². The molecule has 1 aliphatic rings. The minimum atomic E-state index is 0.661. The van der Waals surface area contributed by atoms with Crippen LogP contribution in [-0.4, -0.2) is 32.5 Å². The molecule has 0 saturated carbocycles. The molecule has 0 spiro atoms. The van der Waals surface area contributed by atoms with Crippen LogP contribution in [0.2, 0.25) is 0 Å². The number of halogens is 1. The molecule has 0 atom stereocenters. The SMILES string of the molecule is BrC1CCN(c2nccn3nccc23)CC1. The predicted octanol–water partition coefficient (Wildman–Crippen LogP) is 2.09. The van der Waals surface area contributed by atoms with Gasteiger partial charge in [0.25, 0.3) is 0 Å². The van der Waals surface area contributed by atoms with Gasteiger partial charge in [-0.3, -0.25) is 0 Å². The molecule has 5 heteroatoms. The van der Waals surface area contributed by atoms with Gasteiger partial charge in [0.1, 0.15) is 5.52 Å². The van der Waals surface area contributed by atoms with Crippen LogP contribution in [0.25, 0.3) is 5.52 Å². The van der Waals surface area contributed by atoms with Crippen molar-refractivity contribution < 1.29 is 0 Å². The number of fused-ring (bicyclic) bond motifs is 1. The van der Waals surface area contributed by atoms with Gasteiger partial charge in [-0.1, -0.05) is 15.9 Å². The van der Waals surface area contributed by atoms with Crippen LogP contribution in [0, 0.1) is 0 Å². The first-order valence-electron chi connectivity index (χ1n) is 5.52. The summed E-state index contributed by atoms with van der Waals surface area (Å²) in [7, 11) is 0. The fourth-order valence-electron chi connectivity index (χ4n) is 2.15. The number of hydrogen-bond acceptors (Lipinski definition) is 3. The Morgan fingerprint density at radius 1 is 1.25 bits per heavy atom. The molecular weight excluding hydrogens is 268 g/mol. The van der Waals surface area contributed by atoms with Gasteiger partial charge >= 0.3 is 0 Å². The van der Waals surface area contributed by atoms with Crippen LogP contribution in [0.1, 0.15) is 12.8 Å². The molecule has 3 heterocycles. The summed E-state index contributed by atoms with van der Waals surface area (Å²) in [6, 6.07) is 2.02. The number of hydrogen-bond donors (Lipinski definition) is 0. The van der Waals surface area contributed by atoms with Crippen LogP contribution in [0.3, 0.4) is 0 Å². The van der Waals surface area contributed by atoms with E-state index < -0.39 is 0 Å². The fourth-order valence-corrected chi connectivity index (χ4v) is 2.56.